The number of amides is 1. The number of hydrogen-bond donors (Lipinski definition) is 0. The van der Waals surface area contributed by atoms with Gasteiger partial charge in [-0.25, -0.2) is 4.39 Å². The van der Waals surface area contributed by atoms with Gasteiger partial charge in [0, 0.05) is 31.2 Å². The highest BCUT2D eigenvalue weighted by Crippen LogP contribution is 2.33. The van der Waals surface area contributed by atoms with Crippen LogP contribution in [-0.2, 0) is 4.74 Å². The first kappa shape index (κ1) is 14.4. The Kier molecular flexibility index (Phi) is 3.91. The van der Waals surface area contributed by atoms with E-state index in [1.807, 2.05) is 0 Å². The number of halogens is 1. The molecule has 0 N–H and O–H groups in total. The van der Waals surface area contributed by atoms with Crippen LogP contribution in [-0.4, -0.2) is 67.1 Å². The van der Waals surface area contributed by atoms with Crippen LogP contribution in [0.2, 0.25) is 0 Å². The second-order valence-corrected chi connectivity index (χ2v) is 6.12. The third-order valence-electron chi connectivity index (χ3n) is 4.36. The van der Waals surface area contributed by atoms with Crippen molar-refractivity contribution >= 4 is 5.91 Å². The molecule has 5 nitrogen and oxygen atoms in total. The lowest BCUT2D eigenvalue weighted by atomic mass is 9.87. The van der Waals surface area contributed by atoms with Crippen molar-refractivity contribution in [3.05, 3.63) is 29.8 Å². The summed E-state index contributed by atoms with van der Waals surface area (Å²) >= 11 is 0. The zero-order valence-corrected chi connectivity index (χ0v) is 12.2. The molecule has 2 saturated heterocycles. The van der Waals surface area contributed by atoms with Gasteiger partial charge in [-0.2, -0.15) is 0 Å². The first-order chi connectivity index (χ1) is 10.1. The molecule has 0 aliphatic carbocycles. The molecule has 1 spiro atoms. The predicted octanol–water partition coefficient (Wildman–Crippen LogP) is 1.01. The molecule has 2 aliphatic heterocycles. The molecule has 0 radical (unpaired) electrons. The molecule has 3 rings (SSSR count). The Balaban J connectivity index is 1.81. The minimum absolute atomic E-state index is 0.0234. The van der Waals surface area contributed by atoms with Crippen LogP contribution >= 0.6 is 0 Å². The predicted molar refractivity (Wildman–Crippen MR) is 75.5 cm³/mol. The number of ether oxygens (including phenoxy) is 1. The number of pyridine rings is 1. The monoisotopic (exact) mass is 293 g/mol. The zero-order chi connectivity index (χ0) is 14.9. The lowest BCUT2D eigenvalue weighted by molar-refractivity contribution is 0.0655. The Morgan fingerprint density at radius 3 is 3.00 bits per heavy atom. The smallest absolute Gasteiger partial charge is 0.257 e. The minimum atomic E-state index is -0.565. The van der Waals surface area contributed by atoms with Crippen molar-refractivity contribution in [2.24, 2.45) is 5.41 Å². The molecule has 0 bridgehead atoms. The second-order valence-electron chi connectivity index (χ2n) is 6.12. The maximum absolute atomic E-state index is 13.8. The normalized spacial score (nSPS) is 27.0. The van der Waals surface area contributed by atoms with Crippen LogP contribution in [0.3, 0.4) is 0 Å². The summed E-state index contributed by atoms with van der Waals surface area (Å²) in [5.41, 5.74) is 0.0677. The first-order valence-electron chi connectivity index (χ1n) is 7.25. The summed E-state index contributed by atoms with van der Waals surface area (Å²) in [6, 6.07) is 1.44. The van der Waals surface area contributed by atoms with Gasteiger partial charge in [-0.15, -0.1) is 0 Å². The van der Waals surface area contributed by atoms with E-state index in [1.54, 1.807) is 4.90 Å². The fourth-order valence-corrected chi connectivity index (χ4v) is 3.29. The van der Waals surface area contributed by atoms with Gasteiger partial charge in [0.05, 0.1) is 25.0 Å². The van der Waals surface area contributed by atoms with Crippen LogP contribution in [0.5, 0.6) is 0 Å². The van der Waals surface area contributed by atoms with Crippen LogP contribution in [0.15, 0.2) is 18.5 Å². The maximum atomic E-state index is 13.8. The van der Waals surface area contributed by atoms with Gasteiger partial charge in [0.25, 0.3) is 5.91 Å². The van der Waals surface area contributed by atoms with Gasteiger partial charge in [-0.3, -0.25) is 9.78 Å². The third-order valence-corrected chi connectivity index (χ3v) is 4.36. The van der Waals surface area contributed by atoms with Crippen LogP contribution in [0.4, 0.5) is 4.39 Å². The van der Waals surface area contributed by atoms with E-state index in [1.165, 1.54) is 12.3 Å². The Bertz CT molecular complexity index is 539. The summed E-state index contributed by atoms with van der Waals surface area (Å²) in [7, 11) is 2.08. The topological polar surface area (TPSA) is 45.7 Å². The van der Waals surface area contributed by atoms with Gasteiger partial charge in [0.1, 0.15) is 0 Å². The molecule has 2 aliphatic rings. The molecule has 1 atom stereocenters. The lowest BCUT2D eigenvalue weighted by Gasteiger charge is -2.31. The number of carbonyl (C=O) groups excluding carboxylic acids is 1. The summed E-state index contributed by atoms with van der Waals surface area (Å²) in [5.74, 6) is -0.834. The van der Waals surface area contributed by atoms with E-state index in [0.29, 0.717) is 26.3 Å². The highest BCUT2D eigenvalue weighted by Gasteiger charge is 2.41. The molecule has 114 valence electrons. The molecule has 6 heteroatoms. The number of hydrogen-bond acceptors (Lipinski definition) is 4. The van der Waals surface area contributed by atoms with Crippen molar-refractivity contribution in [1.82, 2.24) is 14.8 Å². The van der Waals surface area contributed by atoms with E-state index < -0.39 is 5.82 Å². The van der Waals surface area contributed by atoms with Crippen LogP contribution in [0.25, 0.3) is 0 Å². The van der Waals surface area contributed by atoms with E-state index in [9.17, 15) is 9.18 Å². The van der Waals surface area contributed by atoms with Gasteiger partial charge < -0.3 is 14.5 Å². The average Bonchev–Trinajstić information content (AvgIpc) is 2.70. The molecule has 1 unspecified atom stereocenters. The molecule has 0 aromatic carbocycles. The largest absolute Gasteiger partial charge is 0.379 e. The summed E-state index contributed by atoms with van der Waals surface area (Å²) in [4.78, 5) is 20.3. The van der Waals surface area contributed by atoms with E-state index in [4.69, 9.17) is 4.74 Å². The van der Waals surface area contributed by atoms with Crippen LogP contribution < -0.4 is 0 Å². The summed E-state index contributed by atoms with van der Waals surface area (Å²) in [6.07, 6.45) is 3.54. The summed E-state index contributed by atoms with van der Waals surface area (Å²) in [6.45, 7) is 4.22. The molecule has 1 aromatic heterocycles. The van der Waals surface area contributed by atoms with E-state index in [0.717, 1.165) is 25.7 Å². The molecular formula is C15H20FN3O2. The Morgan fingerprint density at radius 2 is 2.29 bits per heavy atom. The first-order valence-corrected chi connectivity index (χ1v) is 7.25. The van der Waals surface area contributed by atoms with Crippen molar-refractivity contribution in [3.63, 3.8) is 0 Å². The molecule has 1 aromatic rings. The van der Waals surface area contributed by atoms with Crippen molar-refractivity contribution in [2.75, 3.05) is 46.4 Å². The molecular weight excluding hydrogens is 273 g/mol. The third kappa shape index (κ3) is 2.91. The zero-order valence-electron chi connectivity index (χ0n) is 12.2. The Morgan fingerprint density at radius 1 is 1.43 bits per heavy atom. The van der Waals surface area contributed by atoms with Crippen LogP contribution in [0, 0.1) is 11.2 Å². The van der Waals surface area contributed by atoms with Gasteiger partial charge in [-0.05, 0) is 26.1 Å². The quantitative estimate of drug-likeness (QED) is 0.775. The molecule has 21 heavy (non-hydrogen) atoms. The van der Waals surface area contributed by atoms with Gasteiger partial charge in [-0.1, -0.05) is 0 Å². The fourth-order valence-electron chi connectivity index (χ4n) is 3.29. The fraction of sp³-hybridized carbons (Fsp3) is 0.600. The molecule has 3 heterocycles. The second kappa shape index (κ2) is 5.69. The standard InChI is InChI=1S/C15H20FN3O2/c1-18-5-3-15(9-18)10-19(6-7-21-11-15)14(20)12-2-4-17-8-13(12)16/h2,4,8H,3,5-7,9-11H2,1H3. The SMILES string of the molecule is CN1CCC2(COCCN(C(=O)c3ccncc3F)C2)C1. The minimum Gasteiger partial charge on any atom is -0.379 e. The number of likely N-dealkylation sites (tertiary alicyclic amines) is 1. The van der Waals surface area contributed by atoms with Crippen molar-refractivity contribution < 1.29 is 13.9 Å². The average molecular weight is 293 g/mol. The van der Waals surface area contributed by atoms with Gasteiger partial charge in [0.2, 0.25) is 0 Å². The number of carbonyl (C=O) groups is 1. The molecule has 1 amide bonds. The van der Waals surface area contributed by atoms with Crippen molar-refractivity contribution in [3.8, 4) is 0 Å². The number of aromatic nitrogens is 1. The summed E-state index contributed by atoms with van der Waals surface area (Å²) < 4.78 is 19.5. The lowest BCUT2D eigenvalue weighted by Crippen LogP contribution is -2.43. The highest BCUT2D eigenvalue weighted by atomic mass is 19.1. The summed E-state index contributed by atoms with van der Waals surface area (Å²) in [5, 5.41) is 0. The Hall–Kier alpha value is -1.53. The highest BCUT2D eigenvalue weighted by molar-refractivity contribution is 5.94. The van der Waals surface area contributed by atoms with E-state index in [-0.39, 0.29) is 16.9 Å². The Labute approximate surface area is 123 Å². The van der Waals surface area contributed by atoms with Gasteiger partial charge in [0.15, 0.2) is 5.82 Å². The number of nitrogens with zero attached hydrogens (tertiary/aromatic N) is 3. The van der Waals surface area contributed by atoms with Crippen molar-refractivity contribution in [2.45, 2.75) is 6.42 Å². The van der Waals surface area contributed by atoms with Crippen LogP contribution in [0.1, 0.15) is 16.8 Å². The van der Waals surface area contributed by atoms with E-state index in [2.05, 4.69) is 16.9 Å². The molecule has 2 fully saturated rings. The van der Waals surface area contributed by atoms with E-state index >= 15 is 0 Å². The maximum Gasteiger partial charge on any atom is 0.257 e. The van der Waals surface area contributed by atoms with Crippen molar-refractivity contribution in [1.29, 1.82) is 0 Å². The number of rotatable bonds is 1. The van der Waals surface area contributed by atoms with Gasteiger partial charge >= 0.3 is 0 Å². The molecule has 0 saturated carbocycles.